The summed E-state index contributed by atoms with van der Waals surface area (Å²) in [7, 11) is 0. The van der Waals surface area contributed by atoms with Crippen molar-refractivity contribution >= 4 is 23.0 Å². The fraction of sp³-hybridized carbons (Fsp3) is 0.696. The Kier molecular flexibility index (Phi) is 6.43. The van der Waals surface area contributed by atoms with Gasteiger partial charge in [0.15, 0.2) is 0 Å². The fourth-order valence-corrected chi connectivity index (χ4v) is 5.28. The van der Waals surface area contributed by atoms with Crippen LogP contribution in [0.1, 0.15) is 58.7 Å². The molecule has 0 atom stereocenters. The van der Waals surface area contributed by atoms with Crippen LogP contribution >= 0.6 is 11.9 Å². The summed E-state index contributed by atoms with van der Waals surface area (Å²) in [5.41, 5.74) is 2.07. The zero-order valence-electron chi connectivity index (χ0n) is 18.3. The van der Waals surface area contributed by atoms with Gasteiger partial charge in [-0.25, -0.2) is 18.1 Å². The number of nitrogens with zero attached hydrogens (tertiary/aromatic N) is 3. The van der Waals surface area contributed by atoms with Gasteiger partial charge in [0.1, 0.15) is 5.82 Å². The molecule has 1 saturated carbocycles. The van der Waals surface area contributed by atoms with Crippen LogP contribution in [0.4, 0.5) is 8.78 Å². The number of benzene rings is 1. The van der Waals surface area contributed by atoms with Crippen LogP contribution in [0.5, 0.6) is 0 Å². The van der Waals surface area contributed by atoms with Gasteiger partial charge in [-0.3, -0.25) is 0 Å². The van der Waals surface area contributed by atoms with Gasteiger partial charge in [-0.1, -0.05) is 20.8 Å². The molecule has 4 nitrogen and oxygen atoms in total. The molecule has 0 radical (unpaired) electrons. The van der Waals surface area contributed by atoms with Gasteiger partial charge < -0.3 is 9.30 Å². The summed E-state index contributed by atoms with van der Waals surface area (Å²) in [4.78, 5) is 6.25. The number of hydrogen-bond acceptors (Lipinski definition) is 4. The minimum absolute atomic E-state index is 0.0110. The van der Waals surface area contributed by atoms with Crippen molar-refractivity contribution in [2.24, 2.45) is 5.92 Å². The van der Waals surface area contributed by atoms with E-state index in [1.54, 1.807) is 11.9 Å². The van der Waals surface area contributed by atoms with Crippen LogP contribution in [0.15, 0.2) is 23.1 Å². The van der Waals surface area contributed by atoms with Crippen molar-refractivity contribution in [1.29, 1.82) is 0 Å². The first-order valence-corrected chi connectivity index (χ1v) is 11.9. The summed E-state index contributed by atoms with van der Waals surface area (Å²) in [6.45, 7) is 10.8. The van der Waals surface area contributed by atoms with Crippen molar-refractivity contribution < 1.29 is 13.5 Å². The van der Waals surface area contributed by atoms with Gasteiger partial charge in [-0.2, -0.15) is 0 Å². The highest BCUT2D eigenvalue weighted by Gasteiger charge is 2.36. The zero-order chi connectivity index (χ0) is 21.4. The fourth-order valence-electron chi connectivity index (χ4n) is 4.35. The average molecular weight is 438 g/mol. The molecular formula is C23H33F2N3OS. The van der Waals surface area contributed by atoms with Crippen molar-refractivity contribution in [3.63, 3.8) is 0 Å². The molecule has 2 fully saturated rings. The third-order valence-corrected chi connectivity index (χ3v) is 7.78. The highest BCUT2D eigenvalue weighted by Crippen LogP contribution is 2.39. The van der Waals surface area contributed by atoms with Crippen LogP contribution in [0, 0.1) is 5.92 Å². The van der Waals surface area contributed by atoms with E-state index in [0.717, 1.165) is 56.1 Å². The van der Waals surface area contributed by atoms with Gasteiger partial charge in [-0.05, 0) is 55.3 Å². The molecule has 2 heterocycles. The second-order valence-corrected chi connectivity index (χ2v) is 10.5. The van der Waals surface area contributed by atoms with E-state index in [2.05, 4.69) is 47.8 Å². The lowest BCUT2D eigenvalue weighted by molar-refractivity contribution is -0.0473. The van der Waals surface area contributed by atoms with Crippen LogP contribution in [-0.2, 0) is 16.7 Å². The lowest BCUT2D eigenvalue weighted by Crippen LogP contribution is -2.30. The van der Waals surface area contributed by atoms with Crippen LogP contribution in [0.25, 0.3) is 11.0 Å². The zero-order valence-corrected chi connectivity index (χ0v) is 19.1. The number of ether oxygens (including phenoxy) is 1. The third kappa shape index (κ3) is 4.83. The SMILES string of the molecule is CCC(C)(C)c1nc2cc(SN3CCOCC3)ccc2n1CC1CCC(F)(F)CC1. The highest BCUT2D eigenvalue weighted by atomic mass is 32.2. The largest absolute Gasteiger partial charge is 0.379 e. The third-order valence-electron chi connectivity index (χ3n) is 6.69. The maximum Gasteiger partial charge on any atom is 0.248 e. The topological polar surface area (TPSA) is 30.3 Å². The molecule has 1 aliphatic carbocycles. The summed E-state index contributed by atoms with van der Waals surface area (Å²) >= 11 is 1.76. The first-order valence-electron chi connectivity index (χ1n) is 11.2. The maximum atomic E-state index is 13.6. The molecule has 0 unspecified atom stereocenters. The monoisotopic (exact) mass is 437 g/mol. The molecule has 2 aliphatic rings. The van der Waals surface area contributed by atoms with Gasteiger partial charge in [0.25, 0.3) is 0 Å². The Morgan fingerprint density at radius 3 is 2.57 bits per heavy atom. The molecule has 4 rings (SSSR count). The number of hydrogen-bond donors (Lipinski definition) is 0. The molecular weight excluding hydrogens is 404 g/mol. The van der Waals surface area contributed by atoms with E-state index in [0.29, 0.717) is 12.8 Å². The van der Waals surface area contributed by atoms with E-state index in [4.69, 9.17) is 9.72 Å². The minimum Gasteiger partial charge on any atom is -0.379 e. The lowest BCUT2D eigenvalue weighted by atomic mass is 9.85. The second-order valence-electron chi connectivity index (χ2n) is 9.37. The molecule has 7 heteroatoms. The second kappa shape index (κ2) is 8.75. The van der Waals surface area contributed by atoms with Crippen LogP contribution in [-0.4, -0.2) is 46.1 Å². The predicted octanol–water partition coefficient (Wildman–Crippen LogP) is 5.89. The van der Waals surface area contributed by atoms with Crippen molar-refractivity contribution in [3.05, 3.63) is 24.0 Å². The van der Waals surface area contributed by atoms with E-state index >= 15 is 0 Å². The van der Waals surface area contributed by atoms with Crippen molar-refractivity contribution in [3.8, 4) is 0 Å². The number of aromatic nitrogens is 2. The lowest BCUT2D eigenvalue weighted by Gasteiger charge is -2.30. The molecule has 1 aromatic carbocycles. The van der Waals surface area contributed by atoms with Crippen molar-refractivity contribution in [2.45, 2.75) is 75.7 Å². The summed E-state index contributed by atoms with van der Waals surface area (Å²) in [5, 5.41) is 0. The van der Waals surface area contributed by atoms with E-state index in [1.165, 1.54) is 4.90 Å². The number of halogens is 2. The first-order chi connectivity index (χ1) is 14.3. The minimum atomic E-state index is -2.48. The summed E-state index contributed by atoms with van der Waals surface area (Å²) < 4.78 is 37.4. The van der Waals surface area contributed by atoms with Crippen molar-refractivity contribution in [2.75, 3.05) is 26.3 Å². The van der Waals surface area contributed by atoms with Crippen LogP contribution in [0.3, 0.4) is 0 Å². The molecule has 1 aromatic heterocycles. The first kappa shape index (κ1) is 22.0. The molecule has 0 amide bonds. The number of fused-ring (bicyclic) bond motifs is 1. The number of rotatable bonds is 6. The molecule has 1 aliphatic heterocycles. The average Bonchev–Trinajstić information content (AvgIpc) is 3.09. The molecule has 30 heavy (non-hydrogen) atoms. The number of alkyl halides is 2. The molecule has 0 bridgehead atoms. The quantitative estimate of drug-likeness (QED) is 0.527. The van der Waals surface area contributed by atoms with Crippen molar-refractivity contribution in [1.82, 2.24) is 13.9 Å². The molecule has 1 saturated heterocycles. The Balaban J connectivity index is 1.62. The van der Waals surface area contributed by atoms with E-state index < -0.39 is 5.92 Å². The molecule has 2 aromatic rings. The van der Waals surface area contributed by atoms with Gasteiger partial charge >= 0.3 is 0 Å². The Hall–Kier alpha value is -1.18. The van der Waals surface area contributed by atoms with Gasteiger partial charge in [0, 0.05) is 42.8 Å². The Labute approximate surface area is 182 Å². The molecule has 0 N–H and O–H groups in total. The van der Waals surface area contributed by atoms with Gasteiger partial charge in [0.05, 0.1) is 24.2 Å². The van der Waals surface area contributed by atoms with E-state index in [9.17, 15) is 8.78 Å². The summed E-state index contributed by atoms with van der Waals surface area (Å²) in [5.74, 6) is -1.12. The Morgan fingerprint density at radius 2 is 1.90 bits per heavy atom. The van der Waals surface area contributed by atoms with Crippen LogP contribution < -0.4 is 0 Å². The van der Waals surface area contributed by atoms with E-state index in [1.807, 2.05) is 0 Å². The predicted molar refractivity (Wildman–Crippen MR) is 118 cm³/mol. The van der Waals surface area contributed by atoms with E-state index in [-0.39, 0.29) is 24.2 Å². The maximum absolute atomic E-state index is 13.6. The Bertz CT molecular complexity index is 867. The van der Waals surface area contributed by atoms with Gasteiger partial charge in [0.2, 0.25) is 5.92 Å². The smallest absolute Gasteiger partial charge is 0.248 e. The summed E-state index contributed by atoms with van der Waals surface area (Å²) in [6, 6.07) is 6.51. The normalized spacial score (nSPS) is 21.4. The Morgan fingerprint density at radius 1 is 1.20 bits per heavy atom. The van der Waals surface area contributed by atoms with Gasteiger partial charge in [-0.15, -0.1) is 0 Å². The number of morpholine rings is 1. The highest BCUT2D eigenvalue weighted by molar-refractivity contribution is 7.97. The number of imidazole rings is 1. The molecule has 166 valence electrons. The standard InChI is InChI=1S/C23H33F2N3OS/c1-4-22(2,3)21-26-19-15-18(30-27-11-13-29-14-12-27)5-6-20(19)28(21)16-17-7-9-23(24,25)10-8-17/h5-6,15,17H,4,7-14,16H2,1-3H3. The summed E-state index contributed by atoms with van der Waals surface area (Å²) in [6.07, 6.45) is 2.18. The van der Waals surface area contributed by atoms with Crippen LogP contribution in [0.2, 0.25) is 0 Å². The molecule has 0 spiro atoms.